The maximum atomic E-state index is 12.7. The zero-order chi connectivity index (χ0) is 18.5. The number of nitrogens with zero attached hydrogens (tertiary/aromatic N) is 1. The average molecular weight is 373 g/mol. The molecule has 26 heavy (non-hydrogen) atoms. The second-order valence-corrected chi connectivity index (χ2v) is 6.70. The molecule has 3 rings (SSSR count). The molecule has 6 heteroatoms. The van der Waals surface area contributed by atoms with Gasteiger partial charge >= 0.3 is 0 Å². The van der Waals surface area contributed by atoms with Crippen molar-refractivity contribution < 1.29 is 14.3 Å². The molecule has 1 aliphatic rings. The molecule has 136 valence electrons. The van der Waals surface area contributed by atoms with Crippen LogP contribution in [0.25, 0.3) is 0 Å². The van der Waals surface area contributed by atoms with E-state index in [-0.39, 0.29) is 18.4 Å². The van der Waals surface area contributed by atoms with Crippen LogP contribution < -0.4 is 5.32 Å². The summed E-state index contributed by atoms with van der Waals surface area (Å²) in [6, 6.07) is 16.6. The van der Waals surface area contributed by atoms with Gasteiger partial charge in [-0.25, -0.2) is 0 Å². The maximum Gasteiger partial charge on any atom is 0.251 e. The summed E-state index contributed by atoms with van der Waals surface area (Å²) in [6.45, 7) is 0.408. The van der Waals surface area contributed by atoms with Crippen LogP contribution in [0.1, 0.15) is 17.2 Å². The zero-order valence-corrected chi connectivity index (χ0v) is 15.3. The lowest BCUT2D eigenvalue weighted by Crippen LogP contribution is -2.53. The largest absolute Gasteiger partial charge is 0.356 e. The van der Waals surface area contributed by atoms with Crippen LogP contribution in [0.5, 0.6) is 0 Å². The van der Waals surface area contributed by atoms with Gasteiger partial charge in [-0.3, -0.25) is 9.59 Å². The van der Waals surface area contributed by atoms with Crippen molar-refractivity contribution in [2.24, 2.45) is 0 Å². The number of likely N-dealkylation sites (N-methyl/N-ethyl adjacent to an activating group) is 1. The molecule has 0 aliphatic carbocycles. The molecule has 1 N–H and O–H groups in total. The van der Waals surface area contributed by atoms with E-state index in [9.17, 15) is 9.59 Å². The minimum Gasteiger partial charge on any atom is -0.356 e. The van der Waals surface area contributed by atoms with Gasteiger partial charge in [0.1, 0.15) is 6.61 Å². The number of carbonyl (C=O) groups excluding carboxylic acids is 2. The maximum absolute atomic E-state index is 12.7. The molecule has 5 nitrogen and oxygen atoms in total. The van der Waals surface area contributed by atoms with Gasteiger partial charge in [0.2, 0.25) is 5.91 Å². The van der Waals surface area contributed by atoms with Gasteiger partial charge in [-0.15, -0.1) is 0 Å². The van der Waals surface area contributed by atoms with Crippen molar-refractivity contribution in [3.8, 4) is 0 Å². The first-order chi connectivity index (χ1) is 12.6. The fourth-order valence-electron chi connectivity index (χ4n) is 3.06. The van der Waals surface area contributed by atoms with Crippen LogP contribution in [0.15, 0.2) is 54.6 Å². The molecule has 0 saturated carbocycles. The van der Waals surface area contributed by atoms with E-state index in [1.165, 1.54) is 0 Å². The minimum atomic E-state index is -0.755. The number of hydrogen-bond donors (Lipinski definition) is 1. The quantitative estimate of drug-likeness (QED) is 0.877. The Bertz CT molecular complexity index is 764. The molecule has 0 radical (unpaired) electrons. The summed E-state index contributed by atoms with van der Waals surface area (Å²) in [5, 5.41) is 3.52. The first kappa shape index (κ1) is 18.4. The molecule has 2 atom stereocenters. The Hall–Kier alpha value is -2.37. The van der Waals surface area contributed by atoms with E-state index in [1.807, 2.05) is 42.5 Å². The first-order valence-corrected chi connectivity index (χ1v) is 8.88. The summed E-state index contributed by atoms with van der Waals surface area (Å²) in [5.74, 6) is -0.376. The van der Waals surface area contributed by atoms with Crippen LogP contribution in [-0.2, 0) is 20.7 Å². The summed E-state index contributed by atoms with van der Waals surface area (Å²) < 4.78 is 5.59. The summed E-state index contributed by atoms with van der Waals surface area (Å²) in [6.07, 6.45) is -0.0192. The molecule has 2 aromatic carbocycles. The van der Waals surface area contributed by atoms with E-state index in [0.29, 0.717) is 11.6 Å². The van der Waals surface area contributed by atoms with E-state index in [4.69, 9.17) is 16.3 Å². The van der Waals surface area contributed by atoms with Crippen molar-refractivity contribution in [3.63, 3.8) is 0 Å². The molecule has 1 aliphatic heterocycles. The fraction of sp³-hybridized carbons (Fsp3) is 0.300. The van der Waals surface area contributed by atoms with E-state index >= 15 is 0 Å². The van der Waals surface area contributed by atoms with Crippen LogP contribution >= 0.6 is 11.6 Å². The molecule has 0 bridgehead atoms. The zero-order valence-electron chi connectivity index (χ0n) is 14.5. The Balaban J connectivity index is 1.69. The highest BCUT2D eigenvalue weighted by Gasteiger charge is 2.39. The monoisotopic (exact) mass is 372 g/mol. The summed E-state index contributed by atoms with van der Waals surface area (Å²) in [4.78, 5) is 26.3. The first-order valence-electron chi connectivity index (χ1n) is 8.50. The Morgan fingerprint density at radius 1 is 1.19 bits per heavy atom. The number of nitrogens with one attached hydrogen (secondary N) is 1. The van der Waals surface area contributed by atoms with Crippen molar-refractivity contribution >= 4 is 23.4 Å². The Morgan fingerprint density at radius 2 is 1.88 bits per heavy atom. The summed E-state index contributed by atoms with van der Waals surface area (Å²) in [7, 11) is 1.69. The molecule has 2 amide bonds. The van der Waals surface area contributed by atoms with Gasteiger partial charge in [0, 0.05) is 18.6 Å². The highest BCUT2D eigenvalue weighted by atomic mass is 35.5. The standard InChI is InChI=1S/C20H21ClN2O3/c1-23-17(24)13-26-19(18(23)15-7-9-16(21)10-8-15)20(25)22-12-11-14-5-3-2-4-6-14/h2-10,18-19H,11-13H2,1H3,(H,22,25)/t18-,19+/m1/s1. The van der Waals surface area contributed by atoms with Gasteiger partial charge in [-0.1, -0.05) is 54.1 Å². The Kier molecular flexibility index (Phi) is 5.91. The number of amides is 2. The van der Waals surface area contributed by atoms with Gasteiger partial charge in [-0.2, -0.15) is 0 Å². The number of rotatable bonds is 5. The SMILES string of the molecule is CN1C(=O)CO[C@H](C(=O)NCCc2ccccc2)[C@H]1c1ccc(Cl)cc1. The molecule has 1 heterocycles. The second-order valence-electron chi connectivity index (χ2n) is 6.26. The van der Waals surface area contributed by atoms with E-state index in [1.54, 1.807) is 24.1 Å². The number of benzene rings is 2. The van der Waals surface area contributed by atoms with E-state index in [2.05, 4.69) is 5.32 Å². The third-order valence-electron chi connectivity index (χ3n) is 4.51. The van der Waals surface area contributed by atoms with Crippen molar-refractivity contribution in [3.05, 3.63) is 70.7 Å². The number of ether oxygens (including phenoxy) is 1. The fourth-order valence-corrected chi connectivity index (χ4v) is 3.19. The van der Waals surface area contributed by atoms with Crippen molar-refractivity contribution in [1.82, 2.24) is 10.2 Å². The van der Waals surface area contributed by atoms with E-state index in [0.717, 1.165) is 17.5 Å². The normalized spacial score (nSPS) is 20.1. The molecule has 0 unspecified atom stereocenters. The predicted molar refractivity (Wildman–Crippen MR) is 99.9 cm³/mol. The number of hydrogen-bond acceptors (Lipinski definition) is 3. The lowest BCUT2D eigenvalue weighted by molar-refractivity contribution is -0.162. The Morgan fingerprint density at radius 3 is 2.58 bits per heavy atom. The third kappa shape index (κ3) is 4.23. The van der Waals surface area contributed by atoms with Gasteiger partial charge in [0.15, 0.2) is 6.10 Å². The number of carbonyl (C=O) groups is 2. The van der Waals surface area contributed by atoms with Gasteiger partial charge in [-0.05, 0) is 29.7 Å². The van der Waals surface area contributed by atoms with Crippen LogP contribution in [0, 0.1) is 0 Å². The van der Waals surface area contributed by atoms with Crippen LogP contribution in [0.3, 0.4) is 0 Å². The lowest BCUT2D eigenvalue weighted by atomic mass is 9.97. The van der Waals surface area contributed by atoms with E-state index < -0.39 is 12.1 Å². The highest BCUT2D eigenvalue weighted by molar-refractivity contribution is 6.30. The molecular formula is C20H21ClN2O3. The van der Waals surface area contributed by atoms with Crippen molar-refractivity contribution in [2.45, 2.75) is 18.6 Å². The van der Waals surface area contributed by atoms with Gasteiger partial charge < -0.3 is 15.0 Å². The smallest absolute Gasteiger partial charge is 0.251 e. The van der Waals surface area contributed by atoms with Crippen molar-refractivity contribution in [1.29, 1.82) is 0 Å². The Labute approximate surface area is 157 Å². The van der Waals surface area contributed by atoms with Gasteiger partial charge in [0.05, 0.1) is 6.04 Å². The van der Waals surface area contributed by atoms with Crippen LogP contribution in [0.2, 0.25) is 5.02 Å². The van der Waals surface area contributed by atoms with Gasteiger partial charge in [0.25, 0.3) is 5.91 Å². The number of morpholine rings is 1. The predicted octanol–water partition coefficient (Wildman–Crippen LogP) is 2.60. The minimum absolute atomic E-state index is 0.0998. The molecule has 1 fully saturated rings. The third-order valence-corrected chi connectivity index (χ3v) is 4.76. The molecular weight excluding hydrogens is 352 g/mol. The van der Waals surface area contributed by atoms with Crippen LogP contribution in [-0.4, -0.2) is 43.0 Å². The number of halogens is 1. The molecule has 2 aromatic rings. The second kappa shape index (κ2) is 8.34. The topological polar surface area (TPSA) is 58.6 Å². The highest BCUT2D eigenvalue weighted by Crippen LogP contribution is 2.30. The van der Waals surface area contributed by atoms with Crippen molar-refractivity contribution in [2.75, 3.05) is 20.2 Å². The lowest BCUT2D eigenvalue weighted by Gasteiger charge is -2.38. The average Bonchev–Trinajstić information content (AvgIpc) is 2.65. The molecule has 0 spiro atoms. The summed E-state index contributed by atoms with van der Waals surface area (Å²) >= 11 is 5.95. The summed E-state index contributed by atoms with van der Waals surface area (Å²) in [5.41, 5.74) is 1.96. The molecule has 1 saturated heterocycles. The molecule has 0 aromatic heterocycles. The van der Waals surface area contributed by atoms with Crippen LogP contribution in [0.4, 0.5) is 0 Å².